The number of benzene rings is 1. The number of halogens is 1. The van der Waals surface area contributed by atoms with Crippen molar-refractivity contribution in [1.29, 1.82) is 5.26 Å². The van der Waals surface area contributed by atoms with Gasteiger partial charge in [-0.25, -0.2) is 0 Å². The Morgan fingerprint density at radius 3 is 2.55 bits per heavy atom. The Hall–Kier alpha value is -1.28. The molecule has 0 aromatic heterocycles. The molecule has 0 spiro atoms. The molecule has 20 heavy (non-hydrogen) atoms. The van der Waals surface area contributed by atoms with Gasteiger partial charge < -0.3 is 14.4 Å². The maximum atomic E-state index is 9.31. The smallest absolute Gasteiger partial charge is 0.101 e. The van der Waals surface area contributed by atoms with Crippen LogP contribution in [0.2, 0.25) is 0 Å². The van der Waals surface area contributed by atoms with Gasteiger partial charge in [0, 0.05) is 39.8 Å². The Kier molecular flexibility index (Phi) is 8.05. The van der Waals surface area contributed by atoms with Crippen molar-refractivity contribution >= 4 is 17.3 Å². The van der Waals surface area contributed by atoms with Gasteiger partial charge in [-0.2, -0.15) is 5.26 Å². The number of rotatable bonds is 9. The quantitative estimate of drug-likeness (QED) is 0.519. The van der Waals surface area contributed by atoms with E-state index in [-0.39, 0.29) is 0 Å². The van der Waals surface area contributed by atoms with E-state index in [0.717, 1.165) is 30.8 Å². The minimum Gasteiger partial charge on any atom is -0.385 e. The normalized spacial score (nSPS) is 10.3. The predicted molar refractivity (Wildman–Crippen MR) is 81.3 cm³/mol. The lowest BCUT2D eigenvalue weighted by atomic mass is 10.1. The van der Waals surface area contributed by atoms with Crippen LogP contribution in [0.25, 0.3) is 0 Å². The molecule has 0 N–H and O–H groups in total. The van der Waals surface area contributed by atoms with E-state index in [1.807, 2.05) is 18.2 Å². The lowest BCUT2D eigenvalue weighted by Crippen LogP contribution is -2.29. The van der Waals surface area contributed by atoms with E-state index in [9.17, 15) is 5.26 Å². The van der Waals surface area contributed by atoms with E-state index in [4.69, 9.17) is 21.1 Å². The largest absolute Gasteiger partial charge is 0.385 e. The predicted octanol–water partition coefficient (Wildman–Crippen LogP) is 2.79. The van der Waals surface area contributed by atoms with Crippen molar-refractivity contribution in [2.24, 2.45) is 0 Å². The van der Waals surface area contributed by atoms with Crippen LogP contribution in [0.1, 0.15) is 17.5 Å². The van der Waals surface area contributed by atoms with Crippen LogP contribution in [0.5, 0.6) is 0 Å². The Morgan fingerprint density at radius 1 is 1.20 bits per heavy atom. The summed E-state index contributed by atoms with van der Waals surface area (Å²) in [5.41, 5.74) is 2.53. The molecule has 0 aliphatic rings. The third-order valence-electron chi connectivity index (χ3n) is 3.02. The molecular formula is C15H21ClN2O2. The standard InChI is InChI=1S/C15H21ClN2O2/c1-19-8-3-6-18(7-9-20-2)15-5-4-13(11-16)10-14(15)12-17/h4-5,10H,3,6-9,11H2,1-2H3. The summed E-state index contributed by atoms with van der Waals surface area (Å²) in [5.74, 6) is 0.413. The van der Waals surface area contributed by atoms with Gasteiger partial charge in [0.1, 0.15) is 6.07 Å². The summed E-state index contributed by atoms with van der Waals surface area (Å²) in [6, 6.07) is 8.01. The zero-order chi connectivity index (χ0) is 14.8. The first-order valence-corrected chi connectivity index (χ1v) is 7.12. The molecule has 0 fully saturated rings. The second-order valence-electron chi connectivity index (χ2n) is 4.42. The van der Waals surface area contributed by atoms with Crippen LogP contribution >= 0.6 is 11.6 Å². The molecule has 1 rings (SSSR count). The van der Waals surface area contributed by atoms with Crippen LogP contribution in [0, 0.1) is 11.3 Å². The molecule has 0 saturated carbocycles. The molecule has 0 heterocycles. The highest BCUT2D eigenvalue weighted by Gasteiger charge is 2.11. The van der Waals surface area contributed by atoms with Gasteiger partial charge in [-0.15, -0.1) is 11.6 Å². The van der Waals surface area contributed by atoms with Crippen LogP contribution in [0.15, 0.2) is 18.2 Å². The van der Waals surface area contributed by atoms with Gasteiger partial charge in [0.2, 0.25) is 0 Å². The number of anilines is 1. The summed E-state index contributed by atoms with van der Waals surface area (Å²) in [5, 5.41) is 9.31. The second kappa shape index (κ2) is 9.60. The van der Waals surface area contributed by atoms with Crippen molar-refractivity contribution in [1.82, 2.24) is 0 Å². The Balaban J connectivity index is 2.90. The van der Waals surface area contributed by atoms with Crippen molar-refractivity contribution in [3.05, 3.63) is 29.3 Å². The lowest BCUT2D eigenvalue weighted by Gasteiger charge is -2.25. The highest BCUT2D eigenvalue weighted by molar-refractivity contribution is 6.17. The average Bonchev–Trinajstić information content (AvgIpc) is 2.50. The van der Waals surface area contributed by atoms with E-state index in [2.05, 4.69) is 11.0 Å². The number of hydrogen-bond acceptors (Lipinski definition) is 4. The number of hydrogen-bond donors (Lipinski definition) is 0. The fraction of sp³-hybridized carbons (Fsp3) is 0.533. The Bertz CT molecular complexity index is 446. The summed E-state index contributed by atoms with van der Waals surface area (Å²) in [4.78, 5) is 2.15. The topological polar surface area (TPSA) is 45.5 Å². The van der Waals surface area contributed by atoms with Crippen molar-refractivity contribution in [3.63, 3.8) is 0 Å². The molecule has 0 saturated heterocycles. The van der Waals surface area contributed by atoms with Gasteiger partial charge in [-0.05, 0) is 24.1 Å². The summed E-state index contributed by atoms with van der Waals surface area (Å²) in [7, 11) is 3.37. The van der Waals surface area contributed by atoms with E-state index in [0.29, 0.717) is 24.7 Å². The third-order valence-corrected chi connectivity index (χ3v) is 3.33. The summed E-state index contributed by atoms with van der Waals surface area (Å²) >= 11 is 5.81. The van der Waals surface area contributed by atoms with Crippen molar-refractivity contribution in [3.8, 4) is 6.07 Å². The molecule has 4 nitrogen and oxygen atoms in total. The SMILES string of the molecule is COCCCN(CCOC)c1ccc(CCl)cc1C#N. The van der Waals surface area contributed by atoms with Crippen molar-refractivity contribution in [2.75, 3.05) is 45.4 Å². The molecule has 0 aliphatic heterocycles. The fourth-order valence-electron chi connectivity index (χ4n) is 1.99. The highest BCUT2D eigenvalue weighted by Crippen LogP contribution is 2.22. The zero-order valence-electron chi connectivity index (χ0n) is 12.1. The molecule has 0 amide bonds. The number of ether oxygens (including phenoxy) is 2. The summed E-state index contributed by atoms with van der Waals surface area (Å²) in [6.45, 7) is 2.89. The molecule has 0 unspecified atom stereocenters. The average molecular weight is 297 g/mol. The molecule has 0 bridgehead atoms. The highest BCUT2D eigenvalue weighted by atomic mass is 35.5. The van der Waals surface area contributed by atoms with E-state index >= 15 is 0 Å². The molecule has 0 atom stereocenters. The molecular weight excluding hydrogens is 276 g/mol. The molecule has 0 aliphatic carbocycles. The van der Waals surface area contributed by atoms with Gasteiger partial charge >= 0.3 is 0 Å². The van der Waals surface area contributed by atoms with Crippen LogP contribution in [-0.4, -0.2) is 40.5 Å². The number of alkyl halides is 1. The Labute approximate surface area is 125 Å². The first-order chi connectivity index (χ1) is 9.76. The van der Waals surface area contributed by atoms with Gasteiger partial charge in [0.25, 0.3) is 0 Å². The van der Waals surface area contributed by atoms with Gasteiger partial charge in [-0.3, -0.25) is 0 Å². The maximum absolute atomic E-state index is 9.31. The van der Waals surface area contributed by atoms with Crippen LogP contribution in [-0.2, 0) is 15.4 Å². The fourth-order valence-corrected chi connectivity index (χ4v) is 2.15. The number of nitrogens with zero attached hydrogens (tertiary/aromatic N) is 2. The minimum absolute atomic E-state index is 0.413. The van der Waals surface area contributed by atoms with Crippen LogP contribution in [0.4, 0.5) is 5.69 Å². The third kappa shape index (κ3) is 5.01. The second-order valence-corrected chi connectivity index (χ2v) is 4.69. The number of nitriles is 1. The maximum Gasteiger partial charge on any atom is 0.101 e. The Morgan fingerprint density at radius 2 is 1.95 bits per heavy atom. The van der Waals surface area contributed by atoms with Crippen molar-refractivity contribution in [2.45, 2.75) is 12.3 Å². The van der Waals surface area contributed by atoms with Crippen LogP contribution in [0.3, 0.4) is 0 Å². The zero-order valence-corrected chi connectivity index (χ0v) is 12.8. The van der Waals surface area contributed by atoms with Crippen LogP contribution < -0.4 is 4.90 Å². The van der Waals surface area contributed by atoms with Gasteiger partial charge in [-0.1, -0.05) is 6.07 Å². The minimum atomic E-state index is 0.413. The van der Waals surface area contributed by atoms with E-state index in [1.54, 1.807) is 14.2 Å². The summed E-state index contributed by atoms with van der Waals surface area (Å²) < 4.78 is 10.2. The molecule has 110 valence electrons. The molecule has 1 aromatic rings. The lowest BCUT2D eigenvalue weighted by molar-refractivity contribution is 0.191. The van der Waals surface area contributed by atoms with E-state index < -0.39 is 0 Å². The first-order valence-electron chi connectivity index (χ1n) is 6.58. The first kappa shape index (κ1) is 16.8. The van der Waals surface area contributed by atoms with E-state index in [1.165, 1.54) is 0 Å². The number of methoxy groups -OCH3 is 2. The molecule has 1 aromatic carbocycles. The van der Waals surface area contributed by atoms with Gasteiger partial charge in [0.05, 0.1) is 17.9 Å². The molecule has 5 heteroatoms. The molecule has 0 radical (unpaired) electrons. The van der Waals surface area contributed by atoms with Gasteiger partial charge in [0.15, 0.2) is 0 Å². The van der Waals surface area contributed by atoms with Crippen molar-refractivity contribution < 1.29 is 9.47 Å². The summed E-state index contributed by atoms with van der Waals surface area (Å²) in [6.07, 6.45) is 0.905. The monoisotopic (exact) mass is 296 g/mol.